The van der Waals surface area contributed by atoms with Gasteiger partial charge in [-0.05, 0) is 48.9 Å². The first-order valence-electron chi connectivity index (χ1n) is 10.3. The Labute approximate surface area is 178 Å². The van der Waals surface area contributed by atoms with Gasteiger partial charge in [-0.25, -0.2) is 12.7 Å². The molecule has 2 aromatic carbocycles. The fourth-order valence-electron chi connectivity index (χ4n) is 3.67. The summed E-state index contributed by atoms with van der Waals surface area (Å²) >= 11 is 0. The number of carbonyl (C=O) groups is 1. The van der Waals surface area contributed by atoms with Gasteiger partial charge in [0.2, 0.25) is 15.9 Å². The Balaban J connectivity index is 1.45. The molecule has 1 amide bonds. The van der Waals surface area contributed by atoms with Gasteiger partial charge in [-0.3, -0.25) is 4.79 Å². The van der Waals surface area contributed by atoms with Crippen LogP contribution in [0.4, 0.5) is 5.69 Å². The van der Waals surface area contributed by atoms with Gasteiger partial charge in [0.05, 0.1) is 18.2 Å². The number of sulfonamides is 1. The van der Waals surface area contributed by atoms with Gasteiger partial charge in [0.1, 0.15) is 0 Å². The van der Waals surface area contributed by atoms with Crippen LogP contribution >= 0.6 is 0 Å². The maximum Gasteiger partial charge on any atom is 0.227 e. The van der Waals surface area contributed by atoms with E-state index in [0.29, 0.717) is 44.5 Å². The molecule has 2 aromatic rings. The number of anilines is 1. The third-order valence-electron chi connectivity index (χ3n) is 5.43. The lowest BCUT2D eigenvalue weighted by atomic mass is 9.97. The molecule has 1 heterocycles. The summed E-state index contributed by atoms with van der Waals surface area (Å²) in [7, 11) is -3.30. The normalized spacial score (nSPS) is 15.4. The topological polar surface area (TPSA) is 90.3 Å². The largest absolute Gasteiger partial charge is 0.326 e. The quantitative estimate of drug-likeness (QED) is 0.702. The van der Waals surface area contributed by atoms with Gasteiger partial charge in [0.15, 0.2) is 0 Å². The maximum atomic E-state index is 12.6. The minimum atomic E-state index is -3.30. The van der Waals surface area contributed by atoms with Gasteiger partial charge >= 0.3 is 0 Å². The fourth-order valence-corrected chi connectivity index (χ4v) is 5.20. The van der Waals surface area contributed by atoms with Gasteiger partial charge in [-0.15, -0.1) is 0 Å². The second-order valence-corrected chi connectivity index (χ2v) is 9.69. The van der Waals surface area contributed by atoms with Crippen LogP contribution in [0, 0.1) is 17.2 Å². The number of amides is 1. The van der Waals surface area contributed by atoms with Crippen molar-refractivity contribution in [1.29, 1.82) is 5.26 Å². The third kappa shape index (κ3) is 6.15. The fraction of sp³-hybridized carbons (Fsp3) is 0.391. The average Bonchev–Trinajstić information content (AvgIpc) is 2.76. The number of rotatable bonds is 8. The standard InChI is InChI=1S/C23H27N3O3S/c24-15-12-20-8-10-22(11-9-20)25-23(27)21-13-16-26(17-14-21)30(28,29)18-4-7-19-5-2-1-3-6-19/h1-3,5-6,8-11,21H,4,7,12-14,16-18H2,(H,25,27). The summed E-state index contributed by atoms with van der Waals surface area (Å²) in [6.07, 6.45) is 2.72. The molecule has 1 N–H and O–H groups in total. The van der Waals surface area contributed by atoms with Crippen LogP contribution in [0.15, 0.2) is 54.6 Å². The molecule has 0 aliphatic carbocycles. The van der Waals surface area contributed by atoms with E-state index in [9.17, 15) is 13.2 Å². The Hall–Kier alpha value is -2.69. The van der Waals surface area contributed by atoms with Gasteiger partial charge in [-0.2, -0.15) is 5.26 Å². The van der Waals surface area contributed by atoms with Crippen molar-refractivity contribution in [2.75, 3.05) is 24.2 Å². The SMILES string of the molecule is N#CCc1ccc(NC(=O)C2CCN(S(=O)(=O)CCCc3ccccc3)CC2)cc1. The zero-order valence-corrected chi connectivity index (χ0v) is 17.8. The molecule has 1 aliphatic heterocycles. The highest BCUT2D eigenvalue weighted by molar-refractivity contribution is 7.89. The summed E-state index contributed by atoms with van der Waals surface area (Å²) in [5, 5.41) is 11.6. The summed E-state index contributed by atoms with van der Waals surface area (Å²) in [5.41, 5.74) is 2.74. The van der Waals surface area contributed by atoms with Crippen molar-refractivity contribution in [2.45, 2.75) is 32.1 Å². The van der Waals surface area contributed by atoms with Crippen LogP contribution in [0.3, 0.4) is 0 Å². The predicted molar refractivity (Wildman–Crippen MR) is 117 cm³/mol. The van der Waals surface area contributed by atoms with E-state index >= 15 is 0 Å². The molecular formula is C23H27N3O3S. The Morgan fingerprint density at radius 2 is 1.70 bits per heavy atom. The first-order valence-corrected chi connectivity index (χ1v) is 11.9. The van der Waals surface area contributed by atoms with E-state index in [1.165, 1.54) is 4.31 Å². The molecule has 0 unspecified atom stereocenters. The molecule has 0 radical (unpaired) electrons. The van der Waals surface area contributed by atoms with Crippen molar-refractivity contribution < 1.29 is 13.2 Å². The van der Waals surface area contributed by atoms with E-state index in [1.807, 2.05) is 42.5 Å². The van der Waals surface area contributed by atoms with Crippen LogP contribution in [0.5, 0.6) is 0 Å². The minimum Gasteiger partial charge on any atom is -0.326 e. The Kier molecular flexibility index (Phi) is 7.61. The van der Waals surface area contributed by atoms with E-state index in [4.69, 9.17) is 5.26 Å². The zero-order chi connectivity index (χ0) is 21.4. The van der Waals surface area contributed by atoms with Crippen molar-refractivity contribution in [1.82, 2.24) is 4.31 Å². The molecule has 0 aromatic heterocycles. The molecule has 158 valence electrons. The molecule has 30 heavy (non-hydrogen) atoms. The highest BCUT2D eigenvalue weighted by Gasteiger charge is 2.30. The highest BCUT2D eigenvalue weighted by atomic mass is 32.2. The van der Waals surface area contributed by atoms with E-state index in [-0.39, 0.29) is 17.6 Å². The number of hydrogen-bond acceptors (Lipinski definition) is 4. The Morgan fingerprint density at radius 1 is 1.03 bits per heavy atom. The van der Waals surface area contributed by atoms with Crippen LogP contribution in [0.2, 0.25) is 0 Å². The first kappa shape index (κ1) is 22.0. The number of benzene rings is 2. The van der Waals surface area contributed by atoms with Crippen LogP contribution in [-0.4, -0.2) is 37.5 Å². The summed E-state index contributed by atoms with van der Waals surface area (Å²) in [6.45, 7) is 0.764. The molecule has 0 saturated carbocycles. The van der Waals surface area contributed by atoms with E-state index in [0.717, 1.165) is 17.5 Å². The third-order valence-corrected chi connectivity index (χ3v) is 7.39. The highest BCUT2D eigenvalue weighted by Crippen LogP contribution is 2.22. The molecule has 1 saturated heterocycles. The second-order valence-electron chi connectivity index (χ2n) is 7.60. The Bertz CT molecular complexity index is 975. The van der Waals surface area contributed by atoms with Crippen molar-refractivity contribution in [3.05, 3.63) is 65.7 Å². The lowest BCUT2D eigenvalue weighted by Crippen LogP contribution is -2.42. The first-order chi connectivity index (χ1) is 14.5. The number of nitrogens with zero attached hydrogens (tertiary/aromatic N) is 2. The van der Waals surface area contributed by atoms with Gasteiger partial charge in [-0.1, -0.05) is 42.5 Å². The maximum absolute atomic E-state index is 12.6. The van der Waals surface area contributed by atoms with Gasteiger partial charge in [0, 0.05) is 24.7 Å². The number of piperidine rings is 1. The van der Waals surface area contributed by atoms with Crippen molar-refractivity contribution in [3.8, 4) is 6.07 Å². The van der Waals surface area contributed by atoms with Crippen LogP contribution < -0.4 is 5.32 Å². The minimum absolute atomic E-state index is 0.0795. The monoisotopic (exact) mass is 425 g/mol. The van der Waals surface area contributed by atoms with Crippen molar-refractivity contribution >= 4 is 21.6 Å². The van der Waals surface area contributed by atoms with E-state index < -0.39 is 10.0 Å². The molecule has 1 fully saturated rings. The number of nitrogens with one attached hydrogen (secondary N) is 1. The number of aryl methyl sites for hydroxylation is 1. The molecule has 0 atom stereocenters. The Morgan fingerprint density at radius 3 is 2.33 bits per heavy atom. The second kappa shape index (κ2) is 10.4. The molecule has 3 rings (SSSR count). The predicted octanol–water partition coefficient (Wildman–Crippen LogP) is 3.37. The van der Waals surface area contributed by atoms with Gasteiger partial charge < -0.3 is 5.32 Å². The smallest absolute Gasteiger partial charge is 0.227 e. The van der Waals surface area contributed by atoms with Crippen LogP contribution in [0.25, 0.3) is 0 Å². The van der Waals surface area contributed by atoms with Crippen LogP contribution in [-0.2, 0) is 27.7 Å². The molecular weight excluding hydrogens is 398 g/mol. The molecule has 1 aliphatic rings. The lowest BCUT2D eigenvalue weighted by Gasteiger charge is -2.30. The summed E-state index contributed by atoms with van der Waals surface area (Å²) < 4.78 is 26.8. The number of hydrogen-bond donors (Lipinski definition) is 1. The lowest BCUT2D eigenvalue weighted by molar-refractivity contribution is -0.120. The number of nitriles is 1. The van der Waals surface area contributed by atoms with Gasteiger partial charge in [0.25, 0.3) is 0 Å². The van der Waals surface area contributed by atoms with Crippen LogP contribution in [0.1, 0.15) is 30.4 Å². The zero-order valence-electron chi connectivity index (χ0n) is 17.0. The van der Waals surface area contributed by atoms with Crippen molar-refractivity contribution in [2.24, 2.45) is 5.92 Å². The summed E-state index contributed by atoms with van der Waals surface area (Å²) in [5.74, 6) is -0.142. The van der Waals surface area contributed by atoms with E-state index in [2.05, 4.69) is 11.4 Å². The summed E-state index contributed by atoms with van der Waals surface area (Å²) in [4.78, 5) is 12.5. The van der Waals surface area contributed by atoms with Crippen molar-refractivity contribution in [3.63, 3.8) is 0 Å². The molecule has 0 bridgehead atoms. The molecule has 6 nitrogen and oxygen atoms in total. The van der Waals surface area contributed by atoms with E-state index in [1.54, 1.807) is 12.1 Å². The number of carbonyl (C=O) groups excluding carboxylic acids is 1. The summed E-state index contributed by atoms with van der Waals surface area (Å²) in [6, 6.07) is 19.2. The molecule has 7 heteroatoms. The average molecular weight is 426 g/mol. The molecule has 0 spiro atoms.